The van der Waals surface area contributed by atoms with Crippen molar-refractivity contribution in [1.82, 2.24) is 10.2 Å². The SMILES string of the molecule is CNC(c1ccc(C(F)(F)F)cc1F)N1CCC(C)=C(C(C)=O)C1. The molecule has 24 heavy (non-hydrogen) atoms. The lowest BCUT2D eigenvalue weighted by atomic mass is 9.97. The molecule has 3 nitrogen and oxygen atoms in total. The maximum Gasteiger partial charge on any atom is 0.416 e. The van der Waals surface area contributed by atoms with E-state index >= 15 is 0 Å². The van der Waals surface area contributed by atoms with Gasteiger partial charge in [-0.25, -0.2) is 4.39 Å². The number of ketones is 1. The summed E-state index contributed by atoms with van der Waals surface area (Å²) >= 11 is 0. The molecule has 0 saturated carbocycles. The van der Waals surface area contributed by atoms with Gasteiger partial charge in [0.1, 0.15) is 5.82 Å². The molecule has 1 aromatic carbocycles. The normalized spacial score (nSPS) is 18.0. The minimum Gasteiger partial charge on any atom is -0.301 e. The van der Waals surface area contributed by atoms with Crippen molar-refractivity contribution in [2.75, 3.05) is 20.1 Å². The molecular formula is C17H20F4N2O. The molecule has 1 N–H and O–H groups in total. The zero-order valence-electron chi connectivity index (χ0n) is 13.8. The number of halogens is 4. The summed E-state index contributed by atoms with van der Waals surface area (Å²) in [5.74, 6) is -0.959. The fourth-order valence-electron chi connectivity index (χ4n) is 2.97. The number of alkyl halides is 3. The zero-order valence-corrected chi connectivity index (χ0v) is 13.8. The maximum atomic E-state index is 14.3. The molecule has 2 rings (SSSR count). The fourth-order valence-corrected chi connectivity index (χ4v) is 2.97. The predicted octanol–water partition coefficient (Wildman–Crippen LogP) is 3.67. The molecule has 1 aliphatic heterocycles. The number of carbonyl (C=O) groups excluding carboxylic acids is 1. The number of rotatable bonds is 4. The van der Waals surface area contributed by atoms with E-state index in [4.69, 9.17) is 0 Å². The molecule has 0 radical (unpaired) electrons. The minimum absolute atomic E-state index is 0.0417. The summed E-state index contributed by atoms with van der Waals surface area (Å²) in [6.07, 6.45) is -4.52. The van der Waals surface area contributed by atoms with Gasteiger partial charge in [-0.3, -0.25) is 9.69 Å². The number of carbonyl (C=O) groups is 1. The van der Waals surface area contributed by atoms with E-state index in [0.29, 0.717) is 31.1 Å². The first-order valence-corrected chi connectivity index (χ1v) is 7.62. The zero-order chi connectivity index (χ0) is 18.1. The third kappa shape index (κ3) is 3.84. The highest BCUT2D eigenvalue weighted by Gasteiger charge is 2.33. The van der Waals surface area contributed by atoms with E-state index in [1.54, 1.807) is 7.05 Å². The number of Topliss-reactive ketones (excluding diaryl/α,β-unsaturated/α-hetero) is 1. The van der Waals surface area contributed by atoms with Gasteiger partial charge >= 0.3 is 6.18 Å². The van der Waals surface area contributed by atoms with Gasteiger partial charge in [0, 0.05) is 24.2 Å². The Morgan fingerprint density at radius 2 is 2.00 bits per heavy atom. The molecule has 1 unspecified atom stereocenters. The van der Waals surface area contributed by atoms with E-state index in [-0.39, 0.29) is 11.3 Å². The van der Waals surface area contributed by atoms with Crippen molar-refractivity contribution in [2.45, 2.75) is 32.6 Å². The van der Waals surface area contributed by atoms with Crippen LogP contribution in [-0.4, -0.2) is 30.8 Å². The van der Waals surface area contributed by atoms with Gasteiger partial charge in [-0.05, 0) is 39.4 Å². The molecule has 132 valence electrons. The summed E-state index contributed by atoms with van der Waals surface area (Å²) in [7, 11) is 1.61. The second-order valence-corrected chi connectivity index (χ2v) is 5.96. The summed E-state index contributed by atoms with van der Waals surface area (Å²) in [6, 6.07) is 2.54. The fraction of sp³-hybridized carbons (Fsp3) is 0.471. The molecule has 1 atom stereocenters. The summed E-state index contributed by atoms with van der Waals surface area (Å²) in [5, 5.41) is 2.93. The second-order valence-electron chi connectivity index (χ2n) is 5.96. The topological polar surface area (TPSA) is 32.3 Å². The summed E-state index contributed by atoms with van der Waals surface area (Å²) < 4.78 is 52.3. The molecule has 0 aliphatic carbocycles. The molecule has 0 amide bonds. The lowest BCUT2D eigenvalue weighted by Gasteiger charge is -2.36. The van der Waals surface area contributed by atoms with Crippen LogP contribution in [0.4, 0.5) is 17.6 Å². The summed E-state index contributed by atoms with van der Waals surface area (Å²) in [4.78, 5) is 13.6. The first kappa shape index (κ1) is 18.6. The predicted molar refractivity (Wildman–Crippen MR) is 82.8 cm³/mol. The maximum absolute atomic E-state index is 14.3. The second kappa shape index (κ2) is 7.03. The Balaban J connectivity index is 2.31. The Bertz CT molecular complexity index is 667. The third-order valence-electron chi connectivity index (χ3n) is 4.34. The molecule has 1 heterocycles. The Morgan fingerprint density at radius 1 is 1.33 bits per heavy atom. The largest absolute Gasteiger partial charge is 0.416 e. The quantitative estimate of drug-likeness (QED) is 0.846. The van der Waals surface area contributed by atoms with E-state index in [1.165, 1.54) is 6.92 Å². The number of nitrogens with zero attached hydrogens (tertiary/aromatic N) is 1. The van der Waals surface area contributed by atoms with Crippen molar-refractivity contribution in [2.24, 2.45) is 0 Å². The van der Waals surface area contributed by atoms with Crippen molar-refractivity contribution < 1.29 is 22.4 Å². The monoisotopic (exact) mass is 344 g/mol. The molecule has 0 saturated heterocycles. The first-order chi connectivity index (χ1) is 11.1. The smallest absolute Gasteiger partial charge is 0.301 e. The van der Waals surface area contributed by atoms with Crippen molar-refractivity contribution in [1.29, 1.82) is 0 Å². The minimum atomic E-state index is -4.58. The van der Waals surface area contributed by atoms with Crippen LogP contribution in [0.5, 0.6) is 0 Å². The standard InChI is InChI=1S/C17H20F4N2O/c1-10-6-7-23(9-14(10)11(2)24)16(22-3)13-5-4-12(8-15(13)18)17(19,20)21/h4-5,8,16,22H,6-7,9H2,1-3H3. The highest BCUT2D eigenvalue weighted by atomic mass is 19.4. The van der Waals surface area contributed by atoms with Crippen LogP contribution in [0.25, 0.3) is 0 Å². The number of benzene rings is 1. The van der Waals surface area contributed by atoms with Gasteiger partial charge in [0.15, 0.2) is 5.78 Å². The molecule has 0 fully saturated rings. The molecule has 1 aromatic rings. The summed E-state index contributed by atoms with van der Waals surface area (Å²) in [6.45, 7) is 4.30. The van der Waals surface area contributed by atoms with Gasteiger partial charge in [0.05, 0.1) is 11.7 Å². The molecule has 0 spiro atoms. The van der Waals surface area contributed by atoms with Gasteiger partial charge in [0.2, 0.25) is 0 Å². The van der Waals surface area contributed by atoms with Crippen molar-refractivity contribution >= 4 is 5.78 Å². The van der Waals surface area contributed by atoms with E-state index in [2.05, 4.69) is 5.32 Å². The Morgan fingerprint density at radius 3 is 2.50 bits per heavy atom. The average Bonchev–Trinajstić information content (AvgIpc) is 2.49. The highest BCUT2D eigenvalue weighted by molar-refractivity contribution is 5.94. The van der Waals surface area contributed by atoms with Crippen LogP contribution < -0.4 is 5.32 Å². The first-order valence-electron chi connectivity index (χ1n) is 7.62. The molecule has 0 aromatic heterocycles. The Kier molecular flexibility index (Phi) is 5.45. The number of nitrogens with one attached hydrogen (secondary N) is 1. The van der Waals surface area contributed by atoms with Crippen molar-refractivity contribution in [3.8, 4) is 0 Å². The van der Waals surface area contributed by atoms with Gasteiger partial charge in [-0.1, -0.05) is 11.6 Å². The Labute approximate surface area is 138 Å². The van der Waals surface area contributed by atoms with Gasteiger partial charge in [-0.15, -0.1) is 0 Å². The molecular weight excluding hydrogens is 324 g/mol. The van der Waals surface area contributed by atoms with Gasteiger partial charge < -0.3 is 5.32 Å². The molecule has 1 aliphatic rings. The lowest BCUT2D eigenvalue weighted by molar-refractivity contribution is -0.137. The van der Waals surface area contributed by atoms with Crippen LogP contribution in [-0.2, 0) is 11.0 Å². The average molecular weight is 344 g/mol. The highest BCUT2D eigenvalue weighted by Crippen LogP contribution is 2.33. The third-order valence-corrected chi connectivity index (χ3v) is 4.34. The van der Waals surface area contributed by atoms with Crippen LogP contribution in [0.1, 0.15) is 37.6 Å². The van der Waals surface area contributed by atoms with E-state index in [1.807, 2.05) is 11.8 Å². The summed E-state index contributed by atoms with van der Waals surface area (Å²) in [5.41, 5.74) is 0.792. The molecule has 7 heteroatoms. The Hall–Kier alpha value is -1.73. The van der Waals surface area contributed by atoms with Crippen molar-refractivity contribution in [3.05, 3.63) is 46.3 Å². The van der Waals surface area contributed by atoms with Crippen LogP contribution in [0.3, 0.4) is 0 Å². The number of hydrogen-bond acceptors (Lipinski definition) is 3. The van der Waals surface area contributed by atoms with Crippen LogP contribution in [0.15, 0.2) is 29.3 Å². The van der Waals surface area contributed by atoms with Crippen molar-refractivity contribution in [3.63, 3.8) is 0 Å². The molecule has 0 bridgehead atoms. The lowest BCUT2D eigenvalue weighted by Crippen LogP contribution is -2.42. The van der Waals surface area contributed by atoms with Crippen LogP contribution in [0, 0.1) is 5.82 Å². The van der Waals surface area contributed by atoms with Crippen LogP contribution in [0.2, 0.25) is 0 Å². The van der Waals surface area contributed by atoms with E-state index in [0.717, 1.165) is 17.7 Å². The van der Waals surface area contributed by atoms with E-state index in [9.17, 15) is 22.4 Å². The van der Waals surface area contributed by atoms with Gasteiger partial charge in [0.25, 0.3) is 0 Å². The number of hydrogen-bond donors (Lipinski definition) is 1. The van der Waals surface area contributed by atoms with Crippen LogP contribution >= 0.6 is 0 Å². The van der Waals surface area contributed by atoms with E-state index < -0.39 is 23.7 Å². The van der Waals surface area contributed by atoms with Gasteiger partial charge in [-0.2, -0.15) is 13.2 Å².